The van der Waals surface area contributed by atoms with Gasteiger partial charge in [0, 0.05) is 19.2 Å². The Balaban J connectivity index is 1.74. The van der Waals surface area contributed by atoms with Gasteiger partial charge >= 0.3 is 11.7 Å². The number of anilines is 2. The number of nitro groups is 1. The van der Waals surface area contributed by atoms with Crippen LogP contribution in [0.25, 0.3) is 0 Å². The number of carbonyl (C=O) groups is 1. The summed E-state index contributed by atoms with van der Waals surface area (Å²) in [4.78, 5) is 29.1. The van der Waals surface area contributed by atoms with Gasteiger partial charge in [-0.25, -0.2) is 13.4 Å². The molecular formula is C20H24N4O6S. The zero-order valence-corrected chi connectivity index (χ0v) is 17.9. The number of sulfone groups is 1. The molecule has 0 amide bonds. The molecule has 1 aromatic carbocycles. The maximum Gasteiger partial charge on any atom is 0.311 e. The maximum atomic E-state index is 12.5. The van der Waals surface area contributed by atoms with Crippen LogP contribution in [0.1, 0.15) is 19.8 Å². The highest BCUT2D eigenvalue weighted by Crippen LogP contribution is 2.31. The van der Waals surface area contributed by atoms with Crippen molar-refractivity contribution in [3.63, 3.8) is 0 Å². The van der Waals surface area contributed by atoms with E-state index in [1.807, 2.05) is 0 Å². The highest BCUT2D eigenvalue weighted by Gasteiger charge is 2.30. The summed E-state index contributed by atoms with van der Waals surface area (Å²) < 4.78 is 30.0. The van der Waals surface area contributed by atoms with Gasteiger partial charge in [0.25, 0.3) is 0 Å². The smallest absolute Gasteiger partial charge is 0.311 e. The first-order valence-electron chi connectivity index (χ1n) is 9.90. The molecule has 1 saturated heterocycles. The summed E-state index contributed by atoms with van der Waals surface area (Å²) in [6.45, 7) is 2.87. The number of aromatic nitrogens is 1. The molecule has 10 nitrogen and oxygen atoms in total. The predicted molar refractivity (Wildman–Crippen MR) is 115 cm³/mol. The molecule has 31 heavy (non-hydrogen) atoms. The molecule has 3 rings (SSSR count). The van der Waals surface area contributed by atoms with Crippen molar-refractivity contribution in [3.8, 4) is 0 Å². The summed E-state index contributed by atoms with van der Waals surface area (Å²) in [5.41, 5.74) is -0.175. The Hall–Kier alpha value is -3.21. The molecule has 0 saturated carbocycles. The number of nitrogens with one attached hydrogen (secondary N) is 1. The van der Waals surface area contributed by atoms with E-state index < -0.39 is 20.6 Å². The fourth-order valence-electron chi connectivity index (χ4n) is 3.38. The lowest BCUT2D eigenvalue weighted by Crippen LogP contribution is -2.37. The van der Waals surface area contributed by atoms with E-state index in [0.717, 1.165) is 0 Å². The van der Waals surface area contributed by atoms with Crippen molar-refractivity contribution < 1.29 is 22.9 Å². The lowest BCUT2D eigenvalue weighted by atomic mass is 9.97. The first kappa shape index (κ1) is 22.5. The van der Waals surface area contributed by atoms with Crippen LogP contribution in [0.3, 0.4) is 0 Å². The van der Waals surface area contributed by atoms with Gasteiger partial charge in [-0.1, -0.05) is 18.2 Å². The Morgan fingerprint density at radius 2 is 1.90 bits per heavy atom. The fourth-order valence-corrected chi connectivity index (χ4v) is 4.46. The third kappa shape index (κ3) is 5.48. The van der Waals surface area contributed by atoms with E-state index in [1.54, 1.807) is 30.0 Å². The summed E-state index contributed by atoms with van der Waals surface area (Å²) in [7, 11) is -3.59. The second-order valence-corrected chi connectivity index (χ2v) is 9.05. The summed E-state index contributed by atoms with van der Waals surface area (Å²) in [6.07, 6.45) is 0.995. The quantitative estimate of drug-likeness (QED) is 0.368. The Kier molecular flexibility index (Phi) is 7.06. The van der Waals surface area contributed by atoms with Gasteiger partial charge < -0.3 is 15.0 Å². The first-order valence-corrected chi connectivity index (χ1v) is 11.6. The average molecular weight is 449 g/mol. The SMILES string of the molecule is CCOC(=O)C1CCN(c2nc(NCS(=O)(=O)c3ccccc3)ccc2[N+](=O)[O-])CC1. The van der Waals surface area contributed by atoms with E-state index in [9.17, 15) is 23.3 Å². The number of benzene rings is 1. The maximum absolute atomic E-state index is 12.5. The standard InChI is InChI=1S/C20H24N4O6S/c1-2-30-20(25)15-10-12-23(13-11-15)19-17(24(26)27)8-9-18(22-19)21-14-31(28,29)16-6-4-3-5-7-16/h3-9,15H,2,10-14H2,1H3,(H,21,22). The van der Waals surface area contributed by atoms with Gasteiger partial charge in [-0.2, -0.15) is 0 Å². The summed E-state index contributed by atoms with van der Waals surface area (Å²) in [6, 6.07) is 10.7. The van der Waals surface area contributed by atoms with Gasteiger partial charge in [0.15, 0.2) is 9.84 Å². The first-order chi connectivity index (χ1) is 14.8. The van der Waals surface area contributed by atoms with Gasteiger partial charge in [-0.15, -0.1) is 0 Å². The van der Waals surface area contributed by atoms with Crippen LogP contribution in [0.5, 0.6) is 0 Å². The Morgan fingerprint density at radius 3 is 2.52 bits per heavy atom. The molecule has 0 bridgehead atoms. The second-order valence-electron chi connectivity index (χ2n) is 7.06. The number of rotatable bonds is 8. The Bertz CT molecular complexity index is 1040. The minimum absolute atomic E-state index is 0.148. The number of hydrogen-bond donors (Lipinski definition) is 1. The van der Waals surface area contributed by atoms with Gasteiger partial charge in [0.05, 0.1) is 22.3 Å². The van der Waals surface area contributed by atoms with Crippen molar-refractivity contribution in [3.05, 3.63) is 52.6 Å². The molecule has 166 valence electrons. The normalized spacial score (nSPS) is 14.8. The highest BCUT2D eigenvalue weighted by atomic mass is 32.2. The average Bonchev–Trinajstić information content (AvgIpc) is 2.78. The van der Waals surface area contributed by atoms with Crippen LogP contribution in [0.15, 0.2) is 47.4 Å². The number of esters is 1. The van der Waals surface area contributed by atoms with Gasteiger partial charge in [0.2, 0.25) is 5.82 Å². The Morgan fingerprint density at radius 1 is 1.23 bits per heavy atom. The molecule has 2 aromatic rings. The van der Waals surface area contributed by atoms with E-state index in [1.165, 1.54) is 24.3 Å². The number of pyridine rings is 1. The molecule has 11 heteroatoms. The van der Waals surface area contributed by atoms with E-state index in [2.05, 4.69) is 10.3 Å². The van der Waals surface area contributed by atoms with Crippen LogP contribution < -0.4 is 10.2 Å². The topological polar surface area (TPSA) is 132 Å². The molecule has 0 atom stereocenters. The molecule has 0 radical (unpaired) electrons. The predicted octanol–water partition coefficient (Wildman–Crippen LogP) is 2.61. The van der Waals surface area contributed by atoms with E-state index in [4.69, 9.17) is 4.74 Å². The van der Waals surface area contributed by atoms with Gasteiger partial charge in [-0.3, -0.25) is 14.9 Å². The van der Waals surface area contributed by atoms with Crippen molar-refractivity contribution in [2.45, 2.75) is 24.7 Å². The van der Waals surface area contributed by atoms with Crippen molar-refractivity contribution in [2.24, 2.45) is 5.92 Å². The molecule has 1 N–H and O–H groups in total. The van der Waals surface area contributed by atoms with Crippen LogP contribution >= 0.6 is 0 Å². The minimum atomic E-state index is -3.59. The molecule has 1 fully saturated rings. The number of ether oxygens (including phenoxy) is 1. The van der Waals surface area contributed by atoms with Gasteiger partial charge in [-0.05, 0) is 38.0 Å². The fraction of sp³-hybridized carbons (Fsp3) is 0.400. The molecule has 1 aliphatic heterocycles. The van der Waals surface area contributed by atoms with E-state index in [-0.39, 0.29) is 34.1 Å². The molecular weight excluding hydrogens is 424 g/mol. The van der Waals surface area contributed by atoms with Crippen molar-refractivity contribution in [1.82, 2.24) is 4.98 Å². The second kappa shape index (κ2) is 9.73. The summed E-state index contributed by atoms with van der Waals surface area (Å²) >= 11 is 0. The summed E-state index contributed by atoms with van der Waals surface area (Å²) in [5, 5.41) is 14.2. The zero-order chi connectivity index (χ0) is 22.4. The number of piperidine rings is 1. The third-order valence-electron chi connectivity index (χ3n) is 5.01. The largest absolute Gasteiger partial charge is 0.466 e. The number of carbonyl (C=O) groups excluding carboxylic acids is 1. The van der Waals surface area contributed by atoms with E-state index in [0.29, 0.717) is 32.5 Å². The minimum Gasteiger partial charge on any atom is -0.466 e. The number of hydrogen-bond acceptors (Lipinski definition) is 9. The Labute approximate surface area is 180 Å². The highest BCUT2D eigenvalue weighted by molar-refractivity contribution is 7.91. The van der Waals surface area contributed by atoms with Crippen molar-refractivity contribution >= 4 is 33.1 Å². The van der Waals surface area contributed by atoms with Crippen molar-refractivity contribution in [1.29, 1.82) is 0 Å². The van der Waals surface area contributed by atoms with Crippen LogP contribution in [0, 0.1) is 16.0 Å². The molecule has 2 heterocycles. The lowest BCUT2D eigenvalue weighted by molar-refractivity contribution is -0.384. The molecule has 0 unspecified atom stereocenters. The zero-order valence-electron chi connectivity index (χ0n) is 17.1. The molecule has 1 aromatic heterocycles. The third-order valence-corrected chi connectivity index (χ3v) is 6.53. The lowest BCUT2D eigenvalue weighted by Gasteiger charge is -2.31. The van der Waals surface area contributed by atoms with Crippen molar-refractivity contribution in [2.75, 3.05) is 35.8 Å². The van der Waals surface area contributed by atoms with Crippen LogP contribution in [0.4, 0.5) is 17.3 Å². The number of nitrogens with zero attached hydrogens (tertiary/aromatic N) is 3. The molecule has 1 aliphatic rings. The monoisotopic (exact) mass is 448 g/mol. The van der Waals surface area contributed by atoms with Crippen LogP contribution in [-0.4, -0.2) is 49.9 Å². The van der Waals surface area contributed by atoms with Crippen LogP contribution in [0.2, 0.25) is 0 Å². The van der Waals surface area contributed by atoms with Crippen LogP contribution in [-0.2, 0) is 19.4 Å². The van der Waals surface area contributed by atoms with Gasteiger partial charge in [0.1, 0.15) is 11.7 Å². The van der Waals surface area contributed by atoms with E-state index >= 15 is 0 Å². The molecule has 0 spiro atoms. The molecule has 0 aliphatic carbocycles. The summed E-state index contributed by atoms with van der Waals surface area (Å²) in [5.74, 6) is -0.535.